The van der Waals surface area contributed by atoms with Gasteiger partial charge >= 0.3 is 5.97 Å². The van der Waals surface area contributed by atoms with E-state index in [0.717, 1.165) is 29.5 Å². The summed E-state index contributed by atoms with van der Waals surface area (Å²) >= 11 is 0.723. The van der Waals surface area contributed by atoms with E-state index in [0.29, 0.717) is 0 Å². The van der Waals surface area contributed by atoms with E-state index in [1.165, 1.54) is 12.1 Å². The maximum atomic E-state index is 13.6. The highest BCUT2D eigenvalue weighted by Gasteiger charge is 2.18. The molecule has 0 aliphatic rings. The largest absolute Gasteiger partial charge is 0.452 e. The summed E-state index contributed by atoms with van der Waals surface area (Å²) in [7, 11) is 0. The van der Waals surface area contributed by atoms with Gasteiger partial charge in [-0.1, -0.05) is 11.3 Å². The summed E-state index contributed by atoms with van der Waals surface area (Å²) in [4.78, 5) is 27.1. The molecule has 0 spiro atoms. The van der Waals surface area contributed by atoms with Crippen molar-refractivity contribution in [3.8, 4) is 0 Å². The van der Waals surface area contributed by atoms with Gasteiger partial charge in [-0.15, -0.1) is 0 Å². The maximum Gasteiger partial charge on any atom is 0.338 e. The lowest BCUT2D eigenvalue weighted by Gasteiger charge is -2.04. The Morgan fingerprint density at radius 2 is 1.77 bits per heavy atom. The summed E-state index contributed by atoms with van der Waals surface area (Å²) in [5.74, 6) is -6.66. The van der Waals surface area contributed by atoms with E-state index < -0.39 is 47.3 Å². The van der Waals surface area contributed by atoms with Crippen molar-refractivity contribution >= 4 is 38.6 Å². The lowest BCUT2D eigenvalue weighted by molar-refractivity contribution is -0.119. The molecule has 0 fully saturated rings. The number of rotatable bonds is 4. The van der Waals surface area contributed by atoms with E-state index in [4.69, 9.17) is 4.74 Å². The second kappa shape index (κ2) is 7.08. The van der Waals surface area contributed by atoms with Crippen LogP contribution in [0.5, 0.6) is 0 Å². The average molecular weight is 384 g/mol. The fourth-order valence-corrected chi connectivity index (χ4v) is 2.89. The number of anilines is 1. The molecule has 0 radical (unpaired) electrons. The Labute approximate surface area is 147 Å². The van der Waals surface area contributed by atoms with Crippen LogP contribution in [0.2, 0.25) is 0 Å². The molecule has 0 atom stereocenters. The second-order valence-electron chi connectivity index (χ2n) is 4.98. The van der Waals surface area contributed by atoms with Gasteiger partial charge in [-0.05, 0) is 30.3 Å². The highest BCUT2D eigenvalue weighted by molar-refractivity contribution is 7.22. The molecule has 0 saturated heterocycles. The van der Waals surface area contributed by atoms with Crippen LogP contribution in [-0.2, 0) is 9.53 Å². The third-order valence-corrected chi connectivity index (χ3v) is 4.10. The number of nitrogens with one attached hydrogen (secondary N) is 1. The zero-order valence-corrected chi connectivity index (χ0v) is 13.5. The van der Waals surface area contributed by atoms with Gasteiger partial charge in [0.15, 0.2) is 29.2 Å². The average Bonchev–Trinajstić information content (AvgIpc) is 3.00. The molecule has 0 saturated carbocycles. The summed E-state index contributed by atoms with van der Waals surface area (Å²) in [6, 6.07) is 5.26. The summed E-state index contributed by atoms with van der Waals surface area (Å²) < 4.78 is 57.5. The number of hydrogen-bond donors (Lipinski definition) is 1. The molecule has 0 bridgehead atoms. The van der Waals surface area contributed by atoms with Crippen molar-refractivity contribution in [3.05, 3.63) is 59.2 Å². The maximum absolute atomic E-state index is 13.6. The van der Waals surface area contributed by atoms with Crippen LogP contribution in [0.15, 0.2) is 30.3 Å². The van der Waals surface area contributed by atoms with Crippen LogP contribution >= 0.6 is 11.3 Å². The number of halogens is 4. The van der Waals surface area contributed by atoms with Gasteiger partial charge in [0.1, 0.15) is 11.3 Å². The molecule has 0 aliphatic carbocycles. The third-order valence-electron chi connectivity index (χ3n) is 3.18. The molecule has 3 rings (SSSR count). The van der Waals surface area contributed by atoms with Crippen molar-refractivity contribution < 1.29 is 31.9 Å². The monoisotopic (exact) mass is 384 g/mol. The minimum absolute atomic E-state index is 0.00000643. The van der Waals surface area contributed by atoms with Gasteiger partial charge in [0.05, 0.1) is 10.3 Å². The summed E-state index contributed by atoms with van der Waals surface area (Å²) in [6.07, 6.45) is 0. The number of fused-ring (bicyclic) bond motifs is 1. The fourth-order valence-electron chi connectivity index (χ4n) is 1.98. The van der Waals surface area contributed by atoms with Crippen molar-refractivity contribution in [2.45, 2.75) is 0 Å². The molecule has 1 aromatic heterocycles. The van der Waals surface area contributed by atoms with E-state index in [9.17, 15) is 27.2 Å². The number of esters is 1. The number of hydrogen-bond acceptors (Lipinski definition) is 5. The smallest absolute Gasteiger partial charge is 0.338 e. The van der Waals surface area contributed by atoms with Gasteiger partial charge in [0.25, 0.3) is 5.91 Å². The first-order valence-corrected chi connectivity index (χ1v) is 7.83. The Balaban J connectivity index is 1.65. The molecular weight excluding hydrogens is 376 g/mol. The normalized spacial score (nSPS) is 10.8. The number of carbonyl (C=O) groups is 2. The lowest BCUT2D eigenvalue weighted by Crippen LogP contribution is -2.20. The molecule has 0 unspecified atom stereocenters. The van der Waals surface area contributed by atoms with Gasteiger partial charge in [-0.25, -0.2) is 27.3 Å². The molecule has 1 heterocycles. The highest BCUT2D eigenvalue weighted by Crippen LogP contribution is 2.30. The number of amides is 1. The van der Waals surface area contributed by atoms with Crippen LogP contribution in [0.3, 0.4) is 0 Å². The van der Waals surface area contributed by atoms with Crippen molar-refractivity contribution in [1.82, 2.24) is 4.98 Å². The molecule has 10 heteroatoms. The van der Waals surface area contributed by atoms with Crippen LogP contribution in [0.1, 0.15) is 10.4 Å². The zero-order valence-electron chi connectivity index (χ0n) is 12.7. The van der Waals surface area contributed by atoms with E-state index in [1.807, 2.05) is 0 Å². The van der Waals surface area contributed by atoms with E-state index in [1.54, 1.807) is 0 Å². The predicted molar refractivity (Wildman–Crippen MR) is 84.8 cm³/mol. The third kappa shape index (κ3) is 3.64. The minimum atomic E-state index is -1.66. The molecule has 5 nitrogen and oxygen atoms in total. The van der Waals surface area contributed by atoms with Crippen LogP contribution in [0.25, 0.3) is 10.2 Å². The first-order valence-electron chi connectivity index (χ1n) is 7.01. The van der Waals surface area contributed by atoms with E-state index in [2.05, 4.69) is 10.3 Å². The molecule has 1 amide bonds. The van der Waals surface area contributed by atoms with Gasteiger partial charge in [0.2, 0.25) is 0 Å². The van der Waals surface area contributed by atoms with Crippen molar-refractivity contribution in [3.63, 3.8) is 0 Å². The lowest BCUT2D eigenvalue weighted by atomic mass is 10.2. The summed E-state index contributed by atoms with van der Waals surface area (Å²) in [6.45, 7) is -0.683. The second-order valence-corrected chi connectivity index (χ2v) is 6.01. The van der Waals surface area contributed by atoms with Crippen molar-refractivity contribution in [2.24, 2.45) is 0 Å². The molecule has 1 N–H and O–H groups in total. The fraction of sp³-hybridized carbons (Fsp3) is 0.0625. The Morgan fingerprint density at radius 3 is 2.46 bits per heavy atom. The van der Waals surface area contributed by atoms with Gasteiger partial charge < -0.3 is 4.74 Å². The van der Waals surface area contributed by atoms with Crippen molar-refractivity contribution in [1.29, 1.82) is 0 Å². The summed E-state index contributed by atoms with van der Waals surface area (Å²) in [5.41, 5.74) is -0.375. The number of aromatic nitrogens is 1. The molecule has 0 aliphatic heterocycles. The quantitative estimate of drug-likeness (QED) is 0.424. The van der Waals surface area contributed by atoms with Gasteiger partial charge in [-0.2, -0.15) is 0 Å². The van der Waals surface area contributed by atoms with E-state index >= 15 is 0 Å². The SMILES string of the molecule is O=C(COC(=O)c1ccc(F)cc1)Nc1nc2c(F)c(F)c(F)cc2s1. The molecule has 134 valence electrons. The number of carbonyl (C=O) groups excluding carboxylic acids is 2. The molecule has 26 heavy (non-hydrogen) atoms. The standard InChI is InChI=1S/C16H8F4N2O3S/c17-8-3-1-7(2-4-8)15(24)25-6-11(23)21-16-22-14-10(26-16)5-9(18)12(19)13(14)20/h1-5H,6H2,(H,21,22,23). The van der Waals surface area contributed by atoms with Crippen LogP contribution < -0.4 is 5.32 Å². The van der Waals surface area contributed by atoms with Gasteiger partial charge in [0, 0.05) is 0 Å². The number of ether oxygens (including phenoxy) is 1. The van der Waals surface area contributed by atoms with Gasteiger partial charge in [-0.3, -0.25) is 10.1 Å². The summed E-state index contributed by atoms with van der Waals surface area (Å²) in [5, 5.41) is 2.11. The first-order chi connectivity index (χ1) is 12.3. The van der Waals surface area contributed by atoms with Crippen molar-refractivity contribution in [2.75, 3.05) is 11.9 Å². The Morgan fingerprint density at radius 1 is 1.08 bits per heavy atom. The number of thiazole rings is 1. The predicted octanol–water partition coefficient (Wildman–Crippen LogP) is 3.65. The number of nitrogens with zero attached hydrogens (tertiary/aromatic N) is 1. The number of benzene rings is 2. The molecule has 3 aromatic rings. The topological polar surface area (TPSA) is 68.3 Å². The zero-order chi connectivity index (χ0) is 18.8. The van der Waals surface area contributed by atoms with Crippen LogP contribution in [-0.4, -0.2) is 23.5 Å². The first kappa shape index (κ1) is 17.8. The Bertz CT molecular complexity index is 1000. The molecule has 2 aromatic carbocycles. The Kier molecular flexibility index (Phi) is 4.85. The van der Waals surface area contributed by atoms with Crippen LogP contribution in [0.4, 0.5) is 22.7 Å². The Hall–Kier alpha value is -3.01. The minimum Gasteiger partial charge on any atom is -0.452 e. The molecular formula is C16H8F4N2O3S. The highest BCUT2D eigenvalue weighted by atomic mass is 32.1. The van der Waals surface area contributed by atoms with E-state index in [-0.39, 0.29) is 15.4 Å². The van der Waals surface area contributed by atoms with Crippen LogP contribution in [0, 0.1) is 23.3 Å².